The zero-order valence-corrected chi connectivity index (χ0v) is 21.5. The fourth-order valence-corrected chi connectivity index (χ4v) is 4.96. The van der Waals surface area contributed by atoms with Crippen molar-refractivity contribution in [2.75, 3.05) is 13.1 Å². The zero-order valence-electron chi connectivity index (χ0n) is 20.7. The fourth-order valence-electron chi connectivity index (χ4n) is 3.90. The first kappa shape index (κ1) is 27.9. The number of amides is 7. The number of carbonyl (C=O) groups is 5. The summed E-state index contributed by atoms with van der Waals surface area (Å²) >= 11 is 0. The lowest BCUT2D eigenvalue weighted by molar-refractivity contribution is -0.143. The molecule has 2 aliphatic rings. The number of urea groups is 2. The molecule has 7 amide bonds. The molecule has 2 aromatic rings. The topological polar surface area (TPSA) is 228 Å². The van der Waals surface area contributed by atoms with E-state index in [1.807, 2.05) is 11.4 Å². The van der Waals surface area contributed by atoms with Crippen molar-refractivity contribution in [1.29, 1.82) is 0 Å². The van der Waals surface area contributed by atoms with Gasteiger partial charge in [-0.05, 0) is 12.5 Å². The van der Waals surface area contributed by atoms with Crippen molar-refractivity contribution >= 4 is 40.2 Å². The van der Waals surface area contributed by atoms with E-state index in [0.29, 0.717) is 9.91 Å². The summed E-state index contributed by atoms with van der Waals surface area (Å²) < 4.78 is 32.6. The molecule has 0 saturated carbocycles. The highest BCUT2D eigenvalue weighted by molar-refractivity contribution is 7.88. The van der Waals surface area contributed by atoms with Crippen molar-refractivity contribution in [1.82, 2.24) is 34.7 Å². The molecule has 0 spiro atoms. The molecule has 0 radical (unpaired) electrons. The van der Waals surface area contributed by atoms with Gasteiger partial charge in [0.05, 0.1) is 19.1 Å². The summed E-state index contributed by atoms with van der Waals surface area (Å²) in [5.74, 6) is -1.96. The number of pyridine rings is 1. The molecular weight excluding hydrogens is 554 g/mol. The predicted molar refractivity (Wildman–Crippen MR) is 133 cm³/mol. The highest BCUT2D eigenvalue weighted by Crippen LogP contribution is 2.21. The second-order valence-electron chi connectivity index (χ2n) is 8.58. The van der Waals surface area contributed by atoms with Crippen LogP contribution in [0.1, 0.15) is 23.0 Å². The average Bonchev–Trinajstić information content (AvgIpc) is 3.27. The van der Waals surface area contributed by atoms with E-state index in [-0.39, 0.29) is 28.9 Å². The van der Waals surface area contributed by atoms with Gasteiger partial charge in [-0.15, -0.1) is 0 Å². The van der Waals surface area contributed by atoms with Crippen LogP contribution in [-0.2, 0) is 21.6 Å². The highest BCUT2D eigenvalue weighted by atomic mass is 32.2. The van der Waals surface area contributed by atoms with Crippen LogP contribution in [0, 0.1) is 0 Å². The van der Waals surface area contributed by atoms with Gasteiger partial charge in [-0.3, -0.25) is 24.7 Å². The maximum absolute atomic E-state index is 12.7. The Morgan fingerprint density at radius 2 is 1.82 bits per heavy atom. The molecule has 1 unspecified atom stereocenters. The van der Waals surface area contributed by atoms with E-state index in [1.54, 1.807) is 29.0 Å². The van der Waals surface area contributed by atoms with Crippen LogP contribution in [0.25, 0.3) is 0 Å². The second-order valence-corrected chi connectivity index (χ2v) is 10.2. The van der Waals surface area contributed by atoms with Gasteiger partial charge in [0.2, 0.25) is 5.43 Å². The normalized spacial score (nSPS) is 18.7. The van der Waals surface area contributed by atoms with Crippen LogP contribution in [-0.4, -0.2) is 87.9 Å². The molecule has 0 bridgehead atoms. The van der Waals surface area contributed by atoms with Crippen molar-refractivity contribution in [2.45, 2.75) is 25.6 Å². The standard InChI is InChI=1S/C22H23N7O10S/c1-12-17(24-21(34)35)19(32)29(12)20(33)26-40(37,38)28-8-7-27(22(28)36)25-18(31)14-9-15(30)16(10-23-14)39-11-13-5-3-2-4-6-13/h2-6,9-10,12,17,24H,7-8,11H2,1H3,(H,23,30)(H,25,31)(H,26,33)(H,34,35)/t12-,17?/m0/s1. The van der Waals surface area contributed by atoms with Crippen molar-refractivity contribution in [3.8, 4) is 5.75 Å². The number of nitrogens with zero attached hydrogens (tertiary/aromatic N) is 3. The van der Waals surface area contributed by atoms with E-state index in [2.05, 4.69) is 10.4 Å². The maximum atomic E-state index is 12.7. The molecular formula is C22H23N7O10S. The monoisotopic (exact) mass is 577 g/mol. The molecule has 2 atom stereocenters. The van der Waals surface area contributed by atoms with Gasteiger partial charge in [-0.2, -0.15) is 8.42 Å². The average molecular weight is 578 g/mol. The molecule has 4 rings (SSSR count). The molecule has 2 fully saturated rings. The first-order valence-electron chi connectivity index (χ1n) is 11.6. The Hall–Kier alpha value is -5.13. The first-order valence-corrected chi connectivity index (χ1v) is 13.0. The van der Waals surface area contributed by atoms with Gasteiger partial charge in [-0.1, -0.05) is 30.3 Å². The minimum Gasteiger partial charge on any atom is -0.483 e. The Balaban J connectivity index is 1.33. The number of imide groups is 1. The van der Waals surface area contributed by atoms with E-state index in [0.717, 1.165) is 11.6 Å². The number of benzene rings is 1. The van der Waals surface area contributed by atoms with Crippen molar-refractivity contribution in [3.63, 3.8) is 0 Å². The molecule has 2 saturated heterocycles. The summed E-state index contributed by atoms with van der Waals surface area (Å²) in [5.41, 5.74) is 2.13. The number of carbonyl (C=O) groups excluding carboxylic acids is 4. The van der Waals surface area contributed by atoms with E-state index in [4.69, 9.17) is 9.84 Å². The van der Waals surface area contributed by atoms with Crippen molar-refractivity contribution in [3.05, 3.63) is 64.1 Å². The summed E-state index contributed by atoms with van der Waals surface area (Å²) in [6.07, 6.45) is -0.327. The second kappa shape index (κ2) is 10.9. The number of H-pyrrole nitrogens is 1. The Bertz CT molecular complexity index is 1530. The van der Waals surface area contributed by atoms with Crippen molar-refractivity contribution in [2.24, 2.45) is 0 Å². The number of ether oxygens (including phenoxy) is 1. The van der Waals surface area contributed by atoms with E-state index >= 15 is 0 Å². The lowest BCUT2D eigenvalue weighted by Crippen LogP contribution is -2.72. The van der Waals surface area contributed by atoms with Gasteiger partial charge in [0, 0.05) is 12.3 Å². The van der Waals surface area contributed by atoms with Crippen LogP contribution in [0.5, 0.6) is 5.75 Å². The number of hydrazine groups is 1. The van der Waals surface area contributed by atoms with Gasteiger partial charge in [0.1, 0.15) is 18.3 Å². The van der Waals surface area contributed by atoms with Crippen LogP contribution in [0.3, 0.4) is 0 Å². The molecule has 2 aliphatic heterocycles. The van der Waals surface area contributed by atoms with Crippen LogP contribution < -0.4 is 25.6 Å². The van der Waals surface area contributed by atoms with E-state index < -0.39 is 64.2 Å². The molecule has 40 heavy (non-hydrogen) atoms. The number of hydrogen-bond acceptors (Lipinski definition) is 9. The number of aromatic nitrogens is 1. The molecule has 1 aromatic heterocycles. The summed E-state index contributed by atoms with van der Waals surface area (Å²) in [7, 11) is -4.81. The summed E-state index contributed by atoms with van der Waals surface area (Å²) in [4.78, 5) is 75.8. The summed E-state index contributed by atoms with van der Waals surface area (Å²) in [6, 6.07) is 5.17. The third-order valence-electron chi connectivity index (χ3n) is 5.96. The number of nitrogens with one attached hydrogen (secondary N) is 4. The molecule has 3 heterocycles. The molecule has 1 aromatic carbocycles. The zero-order chi connectivity index (χ0) is 29.2. The Morgan fingerprint density at radius 3 is 2.45 bits per heavy atom. The van der Waals surface area contributed by atoms with Crippen molar-refractivity contribution < 1.29 is 42.2 Å². The maximum Gasteiger partial charge on any atom is 0.405 e. The summed E-state index contributed by atoms with van der Waals surface area (Å²) in [6.45, 7) is 0.672. The number of rotatable bonds is 8. The number of hydrogen-bond donors (Lipinski definition) is 5. The van der Waals surface area contributed by atoms with Crippen LogP contribution in [0.15, 0.2) is 47.4 Å². The predicted octanol–water partition coefficient (Wildman–Crippen LogP) is -0.842. The molecule has 212 valence electrons. The Labute approximate surface area is 225 Å². The highest BCUT2D eigenvalue weighted by Gasteiger charge is 2.50. The smallest absolute Gasteiger partial charge is 0.405 e. The summed E-state index contributed by atoms with van der Waals surface area (Å²) in [5, 5.41) is 11.3. The fraction of sp³-hybridized carbons (Fsp3) is 0.273. The van der Waals surface area contributed by atoms with E-state index in [1.165, 1.54) is 13.1 Å². The third-order valence-corrected chi connectivity index (χ3v) is 7.32. The first-order chi connectivity index (χ1) is 18.9. The van der Waals surface area contributed by atoms with Gasteiger partial charge in [-0.25, -0.2) is 28.4 Å². The largest absolute Gasteiger partial charge is 0.483 e. The number of β-lactam (4-membered cyclic amide) rings is 1. The van der Waals surface area contributed by atoms with Gasteiger partial charge in [0.25, 0.3) is 11.8 Å². The lowest BCUT2D eigenvalue weighted by Gasteiger charge is -2.42. The Morgan fingerprint density at radius 1 is 1.12 bits per heavy atom. The van der Waals surface area contributed by atoms with E-state index in [9.17, 15) is 37.2 Å². The van der Waals surface area contributed by atoms with Crippen LogP contribution >= 0.6 is 0 Å². The number of aromatic amines is 1. The number of likely N-dealkylation sites (tertiary alicyclic amines) is 1. The minimum absolute atomic E-state index is 0.0503. The molecule has 5 N–H and O–H groups in total. The SMILES string of the molecule is C[C@H]1C(NC(=O)O)C(=O)N1C(=O)NS(=O)(=O)N1CCN(NC(=O)c2cc(=O)c(OCc3ccccc3)c[nH]2)C1=O. The third kappa shape index (κ3) is 5.65. The quantitative estimate of drug-likeness (QED) is 0.244. The minimum atomic E-state index is -4.81. The molecule has 18 heteroatoms. The van der Waals surface area contributed by atoms with Gasteiger partial charge in [0.15, 0.2) is 5.75 Å². The molecule has 0 aliphatic carbocycles. The van der Waals surface area contributed by atoms with Crippen LogP contribution in [0.4, 0.5) is 14.4 Å². The van der Waals surface area contributed by atoms with Gasteiger partial charge < -0.3 is 20.1 Å². The number of carboxylic acid groups (broad SMARTS) is 1. The van der Waals surface area contributed by atoms with Gasteiger partial charge >= 0.3 is 28.4 Å². The Kier molecular flexibility index (Phi) is 7.62. The van der Waals surface area contributed by atoms with Crippen LogP contribution in [0.2, 0.25) is 0 Å². The lowest BCUT2D eigenvalue weighted by atomic mass is 9.98. The molecule has 17 nitrogen and oxygen atoms in total.